The zero-order chi connectivity index (χ0) is 19.1. The van der Waals surface area contributed by atoms with E-state index in [-0.39, 0.29) is 23.2 Å². The highest BCUT2D eigenvalue weighted by Crippen LogP contribution is 2.31. The molecule has 2 heterocycles. The van der Waals surface area contributed by atoms with E-state index >= 15 is 0 Å². The topological polar surface area (TPSA) is 81.3 Å². The van der Waals surface area contributed by atoms with Crippen LogP contribution in [-0.2, 0) is 0 Å². The molecule has 7 heteroatoms. The molecule has 4 rings (SSSR count). The summed E-state index contributed by atoms with van der Waals surface area (Å²) in [5.74, 6) is 0.131. The van der Waals surface area contributed by atoms with Crippen LogP contribution in [0.15, 0.2) is 40.9 Å². The van der Waals surface area contributed by atoms with Gasteiger partial charge in [0.05, 0.1) is 6.20 Å². The molecule has 0 saturated carbocycles. The van der Waals surface area contributed by atoms with Gasteiger partial charge in [0.2, 0.25) is 5.89 Å². The smallest absolute Gasteiger partial charge is 0.325 e. The van der Waals surface area contributed by atoms with E-state index in [9.17, 15) is 9.50 Å². The Bertz CT molecular complexity index is 1150. The maximum atomic E-state index is 13.9. The number of hydrogen-bond donors (Lipinski definition) is 1. The predicted molar refractivity (Wildman–Crippen MR) is 97.4 cm³/mol. The average molecular weight is 365 g/mol. The van der Waals surface area contributed by atoms with E-state index in [4.69, 9.17) is 9.15 Å². The number of phenols is 1. The first-order valence-electron chi connectivity index (χ1n) is 8.29. The molecule has 0 saturated heterocycles. The van der Waals surface area contributed by atoms with Crippen LogP contribution in [0.1, 0.15) is 16.7 Å². The second-order valence-electron chi connectivity index (χ2n) is 6.36. The molecular formula is C20H16FN3O3. The fourth-order valence-corrected chi connectivity index (χ4v) is 2.76. The summed E-state index contributed by atoms with van der Waals surface area (Å²) in [6.45, 7) is 5.39. The van der Waals surface area contributed by atoms with Gasteiger partial charge in [-0.1, -0.05) is 6.07 Å². The molecule has 2 aromatic heterocycles. The van der Waals surface area contributed by atoms with Crippen LogP contribution < -0.4 is 4.74 Å². The number of oxazole rings is 1. The van der Waals surface area contributed by atoms with Crippen molar-refractivity contribution >= 4 is 11.2 Å². The molecule has 0 aliphatic rings. The van der Waals surface area contributed by atoms with Gasteiger partial charge in [-0.05, 0) is 61.7 Å². The van der Waals surface area contributed by atoms with E-state index in [1.165, 1.54) is 18.3 Å². The molecule has 0 aliphatic carbocycles. The van der Waals surface area contributed by atoms with Crippen LogP contribution in [0.3, 0.4) is 0 Å². The molecule has 6 nitrogen and oxygen atoms in total. The number of aromatic nitrogens is 3. The first-order valence-corrected chi connectivity index (χ1v) is 8.29. The summed E-state index contributed by atoms with van der Waals surface area (Å²) in [7, 11) is 0. The SMILES string of the molecule is Cc1ccc(Oc2ncc3nc(-c4cc(C)c(O)c(C)c4)oc3n2)c(F)c1. The number of phenolic OH excluding ortho intramolecular Hbond substituents is 1. The summed E-state index contributed by atoms with van der Waals surface area (Å²) < 4.78 is 25.1. The minimum Gasteiger partial charge on any atom is -0.507 e. The molecule has 1 N–H and O–H groups in total. The van der Waals surface area contributed by atoms with E-state index in [1.54, 1.807) is 39.0 Å². The van der Waals surface area contributed by atoms with Crippen LogP contribution in [0.5, 0.6) is 17.5 Å². The Morgan fingerprint density at radius 3 is 2.48 bits per heavy atom. The zero-order valence-electron chi connectivity index (χ0n) is 14.9. The summed E-state index contributed by atoms with van der Waals surface area (Å²) in [5.41, 5.74) is 3.62. The molecule has 0 bridgehead atoms. The number of halogens is 1. The van der Waals surface area contributed by atoms with Crippen molar-refractivity contribution in [2.75, 3.05) is 0 Å². The van der Waals surface area contributed by atoms with Crippen molar-refractivity contribution in [3.05, 3.63) is 59.0 Å². The van der Waals surface area contributed by atoms with E-state index < -0.39 is 5.82 Å². The van der Waals surface area contributed by atoms with E-state index in [2.05, 4.69) is 15.0 Å². The molecule has 0 atom stereocenters. The standard InChI is InChI=1S/C20H16FN3O3/c1-10-4-5-16(14(21)6-10)26-20-22-9-15-19(24-20)27-18(23-15)13-7-11(2)17(25)12(3)8-13/h4-9,25H,1-3H3. The molecule has 0 spiro atoms. The van der Waals surface area contributed by atoms with Crippen molar-refractivity contribution in [1.29, 1.82) is 0 Å². The number of aryl methyl sites for hydroxylation is 3. The molecule has 0 radical (unpaired) electrons. The van der Waals surface area contributed by atoms with Gasteiger partial charge in [0.25, 0.3) is 5.71 Å². The number of aromatic hydroxyl groups is 1. The van der Waals surface area contributed by atoms with Gasteiger partial charge in [-0.15, -0.1) is 0 Å². The van der Waals surface area contributed by atoms with Crippen molar-refractivity contribution < 1.29 is 18.7 Å². The zero-order valence-corrected chi connectivity index (χ0v) is 14.9. The normalized spacial score (nSPS) is 11.1. The monoisotopic (exact) mass is 365 g/mol. The van der Waals surface area contributed by atoms with Gasteiger partial charge in [-0.25, -0.2) is 14.4 Å². The summed E-state index contributed by atoms with van der Waals surface area (Å²) in [6, 6.07) is 8.14. The molecule has 0 fully saturated rings. The number of fused-ring (bicyclic) bond motifs is 1. The number of ether oxygens (including phenoxy) is 1. The Labute approximate surface area is 154 Å². The highest BCUT2D eigenvalue weighted by Gasteiger charge is 2.15. The van der Waals surface area contributed by atoms with Crippen molar-refractivity contribution in [2.24, 2.45) is 0 Å². The molecule has 0 amide bonds. The molecule has 0 aliphatic heterocycles. The minimum atomic E-state index is -0.494. The highest BCUT2D eigenvalue weighted by molar-refractivity contribution is 5.72. The third-order valence-corrected chi connectivity index (χ3v) is 4.16. The largest absolute Gasteiger partial charge is 0.507 e. The van der Waals surface area contributed by atoms with E-state index in [1.807, 2.05) is 0 Å². The van der Waals surface area contributed by atoms with Crippen molar-refractivity contribution in [1.82, 2.24) is 15.0 Å². The van der Waals surface area contributed by atoms with Crippen LogP contribution in [0.2, 0.25) is 0 Å². The Balaban J connectivity index is 1.70. The second-order valence-corrected chi connectivity index (χ2v) is 6.36. The summed E-state index contributed by atoms with van der Waals surface area (Å²) in [6.07, 6.45) is 1.46. The van der Waals surface area contributed by atoms with Gasteiger partial charge in [0.15, 0.2) is 11.6 Å². The first-order chi connectivity index (χ1) is 12.9. The average Bonchev–Trinajstić information content (AvgIpc) is 3.05. The van der Waals surface area contributed by atoms with Crippen LogP contribution in [-0.4, -0.2) is 20.1 Å². The fraction of sp³-hybridized carbons (Fsp3) is 0.150. The lowest BCUT2D eigenvalue weighted by Crippen LogP contribution is -1.94. The molecule has 4 aromatic rings. The Kier molecular flexibility index (Phi) is 3.99. The van der Waals surface area contributed by atoms with Gasteiger partial charge < -0.3 is 14.3 Å². The van der Waals surface area contributed by atoms with E-state index in [0.29, 0.717) is 17.0 Å². The Morgan fingerprint density at radius 2 is 1.78 bits per heavy atom. The quantitative estimate of drug-likeness (QED) is 0.559. The number of benzene rings is 2. The minimum absolute atomic E-state index is 0.0319. The fourth-order valence-electron chi connectivity index (χ4n) is 2.76. The molecule has 27 heavy (non-hydrogen) atoms. The molecule has 136 valence electrons. The van der Waals surface area contributed by atoms with Crippen molar-refractivity contribution in [2.45, 2.75) is 20.8 Å². The number of hydrogen-bond acceptors (Lipinski definition) is 6. The third-order valence-electron chi connectivity index (χ3n) is 4.16. The summed E-state index contributed by atoms with van der Waals surface area (Å²) in [5, 5.41) is 9.91. The molecular weight excluding hydrogens is 349 g/mol. The molecule has 2 aromatic carbocycles. The van der Waals surface area contributed by atoms with Crippen molar-refractivity contribution in [3.63, 3.8) is 0 Å². The lowest BCUT2D eigenvalue weighted by atomic mass is 10.1. The van der Waals surface area contributed by atoms with Crippen LogP contribution in [0.25, 0.3) is 22.7 Å². The number of rotatable bonds is 3. The van der Waals surface area contributed by atoms with Crippen LogP contribution >= 0.6 is 0 Å². The van der Waals surface area contributed by atoms with Gasteiger partial charge in [-0.2, -0.15) is 4.98 Å². The Hall–Kier alpha value is -3.48. The summed E-state index contributed by atoms with van der Waals surface area (Å²) >= 11 is 0. The van der Waals surface area contributed by atoms with E-state index in [0.717, 1.165) is 16.7 Å². The third kappa shape index (κ3) is 3.19. The second kappa shape index (κ2) is 6.35. The maximum Gasteiger partial charge on any atom is 0.325 e. The lowest BCUT2D eigenvalue weighted by Gasteiger charge is -2.05. The van der Waals surface area contributed by atoms with Gasteiger partial charge >= 0.3 is 6.01 Å². The summed E-state index contributed by atoms with van der Waals surface area (Å²) in [4.78, 5) is 12.6. The predicted octanol–water partition coefficient (Wildman–Crippen LogP) is 4.85. The Morgan fingerprint density at radius 1 is 1.04 bits per heavy atom. The number of nitrogens with zero attached hydrogens (tertiary/aromatic N) is 3. The van der Waals surface area contributed by atoms with Crippen molar-refractivity contribution in [3.8, 4) is 29.0 Å². The lowest BCUT2D eigenvalue weighted by molar-refractivity contribution is 0.410. The van der Waals surface area contributed by atoms with Gasteiger partial charge in [0, 0.05) is 5.56 Å². The van der Waals surface area contributed by atoms with Gasteiger partial charge in [-0.3, -0.25) is 0 Å². The van der Waals surface area contributed by atoms with Crippen LogP contribution in [0.4, 0.5) is 4.39 Å². The first kappa shape index (κ1) is 17.0. The maximum absolute atomic E-state index is 13.9. The van der Waals surface area contributed by atoms with Crippen LogP contribution in [0, 0.1) is 26.6 Å². The van der Waals surface area contributed by atoms with Gasteiger partial charge in [0.1, 0.15) is 11.3 Å². The highest BCUT2D eigenvalue weighted by atomic mass is 19.1. The molecule has 0 unspecified atom stereocenters.